The molecule has 2 rings (SSSR count). The van der Waals surface area contributed by atoms with Crippen molar-refractivity contribution in [3.05, 3.63) is 29.3 Å². The first kappa shape index (κ1) is 22.4. The molecular weight excluding hydrogens is 402 g/mol. The number of likely N-dealkylation sites (tertiary alicyclic amines) is 1. The van der Waals surface area contributed by atoms with Crippen LogP contribution in [-0.4, -0.2) is 64.5 Å². The maximum absolute atomic E-state index is 12.2. The third-order valence-corrected chi connectivity index (χ3v) is 5.88. The van der Waals surface area contributed by atoms with Crippen LogP contribution < -0.4 is 15.4 Å². The van der Waals surface area contributed by atoms with E-state index in [9.17, 15) is 13.2 Å². The van der Waals surface area contributed by atoms with Crippen LogP contribution in [0.15, 0.2) is 34.2 Å². The minimum Gasteiger partial charge on any atom is -0.357 e. The Balaban J connectivity index is 1.73. The second kappa shape index (κ2) is 11.2. The number of benzene rings is 1. The summed E-state index contributed by atoms with van der Waals surface area (Å²) >= 11 is 5.85. The average molecular weight is 430 g/mol. The zero-order valence-corrected chi connectivity index (χ0v) is 17.7. The topological polar surface area (TPSA) is 103 Å². The molecule has 0 spiro atoms. The van der Waals surface area contributed by atoms with Gasteiger partial charge in [0.15, 0.2) is 5.96 Å². The minimum atomic E-state index is -3.60. The van der Waals surface area contributed by atoms with Crippen molar-refractivity contribution < 1.29 is 13.2 Å². The predicted octanol–water partition coefficient (Wildman–Crippen LogP) is 1.19. The zero-order valence-electron chi connectivity index (χ0n) is 16.1. The van der Waals surface area contributed by atoms with E-state index in [0.717, 1.165) is 25.9 Å². The molecule has 0 aromatic heterocycles. The van der Waals surface area contributed by atoms with Crippen molar-refractivity contribution in [2.45, 2.75) is 31.1 Å². The minimum absolute atomic E-state index is 0.136. The molecule has 1 aliphatic heterocycles. The van der Waals surface area contributed by atoms with Crippen LogP contribution >= 0.6 is 11.6 Å². The summed E-state index contributed by atoms with van der Waals surface area (Å²) in [5.41, 5.74) is 0. The normalized spacial score (nSPS) is 15.1. The Hall–Kier alpha value is -1.84. The Kier molecular flexibility index (Phi) is 9.01. The Bertz CT molecular complexity index is 785. The number of aliphatic imine (C=N–C) groups is 1. The lowest BCUT2D eigenvalue weighted by Gasteiger charge is -2.15. The van der Waals surface area contributed by atoms with Crippen LogP contribution in [-0.2, 0) is 14.8 Å². The molecule has 1 fully saturated rings. The van der Waals surface area contributed by atoms with E-state index in [1.54, 1.807) is 12.1 Å². The van der Waals surface area contributed by atoms with Gasteiger partial charge < -0.3 is 15.5 Å². The molecule has 0 atom stereocenters. The van der Waals surface area contributed by atoms with Crippen LogP contribution in [0, 0.1) is 0 Å². The molecule has 0 radical (unpaired) electrons. The Morgan fingerprint density at radius 3 is 2.79 bits per heavy atom. The number of rotatable bonds is 10. The number of hydrogen-bond donors (Lipinski definition) is 3. The van der Waals surface area contributed by atoms with E-state index < -0.39 is 10.0 Å². The molecule has 1 aromatic carbocycles. The van der Waals surface area contributed by atoms with Gasteiger partial charge in [-0.15, -0.1) is 0 Å². The molecule has 1 aromatic rings. The van der Waals surface area contributed by atoms with Crippen molar-refractivity contribution in [1.29, 1.82) is 0 Å². The highest BCUT2D eigenvalue weighted by molar-refractivity contribution is 7.89. The van der Waals surface area contributed by atoms with Gasteiger partial charge in [-0.2, -0.15) is 0 Å². The third-order valence-electron chi connectivity index (χ3n) is 4.19. The van der Waals surface area contributed by atoms with Crippen LogP contribution in [0.25, 0.3) is 0 Å². The number of hydrogen-bond acceptors (Lipinski definition) is 4. The number of nitrogens with one attached hydrogen (secondary N) is 3. The molecule has 1 heterocycles. The first-order valence-corrected chi connectivity index (χ1v) is 11.3. The second-order valence-electron chi connectivity index (χ2n) is 6.38. The van der Waals surface area contributed by atoms with Crippen LogP contribution in [0.2, 0.25) is 5.02 Å². The lowest BCUT2D eigenvalue weighted by Crippen LogP contribution is -2.41. The van der Waals surface area contributed by atoms with Gasteiger partial charge in [0.05, 0.1) is 4.90 Å². The van der Waals surface area contributed by atoms with Gasteiger partial charge >= 0.3 is 0 Å². The fourth-order valence-electron chi connectivity index (χ4n) is 2.82. The molecule has 1 saturated heterocycles. The Morgan fingerprint density at radius 1 is 1.29 bits per heavy atom. The summed E-state index contributed by atoms with van der Waals surface area (Å²) in [6.07, 6.45) is 2.39. The number of guanidine groups is 1. The quantitative estimate of drug-likeness (QED) is 0.294. The molecule has 0 aliphatic carbocycles. The monoisotopic (exact) mass is 429 g/mol. The van der Waals surface area contributed by atoms with Gasteiger partial charge in [-0.1, -0.05) is 17.7 Å². The van der Waals surface area contributed by atoms with Gasteiger partial charge in [-0.3, -0.25) is 9.79 Å². The number of carbonyl (C=O) groups is 1. The molecule has 1 aliphatic rings. The maximum atomic E-state index is 12.2. The number of sulfonamides is 1. The van der Waals surface area contributed by atoms with Crippen molar-refractivity contribution >= 4 is 33.5 Å². The highest BCUT2D eigenvalue weighted by Gasteiger charge is 2.18. The molecule has 0 bridgehead atoms. The fourth-order valence-corrected chi connectivity index (χ4v) is 4.15. The summed E-state index contributed by atoms with van der Waals surface area (Å²) in [6, 6.07) is 6.13. The third kappa shape index (κ3) is 7.29. The SMILES string of the molecule is CCNC(=NCCCN1CCCC1=O)NCCNS(=O)(=O)c1cccc(Cl)c1. The summed E-state index contributed by atoms with van der Waals surface area (Å²) in [5, 5.41) is 6.59. The van der Waals surface area contributed by atoms with E-state index in [0.29, 0.717) is 37.0 Å². The summed E-state index contributed by atoms with van der Waals surface area (Å²) in [5.74, 6) is 0.846. The number of nitrogens with zero attached hydrogens (tertiary/aromatic N) is 2. The first-order valence-electron chi connectivity index (χ1n) is 9.47. The lowest BCUT2D eigenvalue weighted by molar-refractivity contribution is -0.127. The van der Waals surface area contributed by atoms with Gasteiger partial charge in [0.25, 0.3) is 0 Å². The van der Waals surface area contributed by atoms with E-state index in [1.165, 1.54) is 12.1 Å². The molecule has 3 N–H and O–H groups in total. The van der Waals surface area contributed by atoms with E-state index in [2.05, 4.69) is 20.3 Å². The first-order chi connectivity index (χ1) is 13.4. The number of carbonyl (C=O) groups excluding carboxylic acids is 1. The lowest BCUT2D eigenvalue weighted by atomic mass is 10.4. The van der Waals surface area contributed by atoms with E-state index in [1.807, 2.05) is 11.8 Å². The van der Waals surface area contributed by atoms with Crippen LogP contribution in [0.3, 0.4) is 0 Å². The van der Waals surface area contributed by atoms with Crippen LogP contribution in [0.4, 0.5) is 0 Å². The summed E-state index contributed by atoms with van der Waals surface area (Å²) < 4.78 is 27.0. The highest BCUT2D eigenvalue weighted by Crippen LogP contribution is 2.14. The van der Waals surface area contributed by atoms with Crippen LogP contribution in [0.1, 0.15) is 26.2 Å². The maximum Gasteiger partial charge on any atom is 0.240 e. The Morgan fingerprint density at radius 2 is 2.11 bits per heavy atom. The summed E-state index contributed by atoms with van der Waals surface area (Å²) in [4.78, 5) is 18.1. The zero-order chi connectivity index (χ0) is 20.4. The van der Waals surface area contributed by atoms with E-state index in [-0.39, 0.29) is 17.3 Å². The van der Waals surface area contributed by atoms with Gasteiger partial charge in [-0.25, -0.2) is 13.1 Å². The van der Waals surface area contributed by atoms with Crippen molar-refractivity contribution in [1.82, 2.24) is 20.3 Å². The van der Waals surface area contributed by atoms with Crippen molar-refractivity contribution in [3.8, 4) is 0 Å². The van der Waals surface area contributed by atoms with Gasteiger partial charge in [0.2, 0.25) is 15.9 Å². The van der Waals surface area contributed by atoms with Crippen molar-refractivity contribution in [2.24, 2.45) is 4.99 Å². The van der Waals surface area contributed by atoms with Crippen molar-refractivity contribution in [2.75, 3.05) is 39.3 Å². The molecule has 28 heavy (non-hydrogen) atoms. The van der Waals surface area contributed by atoms with Gasteiger partial charge in [0, 0.05) is 50.7 Å². The molecule has 156 valence electrons. The molecule has 8 nitrogen and oxygen atoms in total. The molecular formula is C18H28ClN5O3S. The number of amides is 1. The Labute approximate surface area is 171 Å². The summed E-state index contributed by atoms with van der Waals surface area (Å²) in [6.45, 7) is 5.41. The van der Waals surface area contributed by atoms with Gasteiger partial charge in [0.1, 0.15) is 0 Å². The van der Waals surface area contributed by atoms with E-state index in [4.69, 9.17) is 11.6 Å². The molecule has 0 unspecified atom stereocenters. The molecule has 10 heteroatoms. The van der Waals surface area contributed by atoms with Crippen molar-refractivity contribution in [3.63, 3.8) is 0 Å². The fraction of sp³-hybridized carbons (Fsp3) is 0.556. The smallest absolute Gasteiger partial charge is 0.240 e. The molecule has 1 amide bonds. The number of halogens is 1. The van der Waals surface area contributed by atoms with Gasteiger partial charge in [-0.05, 0) is 38.0 Å². The summed E-state index contributed by atoms with van der Waals surface area (Å²) in [7, 11) is -3.60. The van der Waals surface area contributed by atoms with E-state index >= 15 is 0 Å². The second-order valence-corrected chi connectivity index (χ2v) is 8.58. The standard InChI is InChI=1S/C18H28ClN5O3S/c1-2-20-18(21-9-5-13-24-12-4-8-17(24)25)22-10-11-23-28(26,27)16-7-3-6-15(19)14-16/h3,6-7,14,23H,2,4-5,8-13H2,1H3,(H2,20,21,22). The van der Waals surface area contributed by atoms with Crippen LogP contribution in [0.5, 0.6) is 0 Å². The largest absolute Gasteiger partial charge is 0.357 e. The average Bonchev–Trinajstić information content (AvgIpc) is 3.07. The highest BCUT2D eigenvalue weighted by atomic mass is 35.5. The molecule has 0 saturated carbocycles. The predicted molar refractivity (Wildman–Crippen MR) is 111 cm³/mol.